The molecule has 7 rings (SSSR count). The largest absolute Gasteiger partial charge is 0.504 e. The van der Waals surface area contributed by atoms with Crippen LogP contribution in [0, 0.1) is 11.3 Å². The Labute approximate surface area is 250 Å². The zero-order valence-corrected chi connectivity index (χ0v) is 24.4. The summed E-state index contributed by atoms with van der Waals surface area (Å²) in [5.41, 5.74) is 4.46. The molecular formula is C33H41NO9. The fourth-order valence-electron chi connectivity index (χ4n) is 8.64. The molecule has 2 aromatic carbocycles. The van der Waals surface area contributed by atoms with Crippen molar-refractivity contribution in [1.29, 1.82) is 0 Å². The zero-order valence-electron chi connectivity index (χ0n) is 24.4. The molecule has 2 bridgehead atoms. The number of phenolic OH excluding ortho intramolecular Hbond substituents is 1. The molecule has 43 heavy (non-hydrogen) atoms. The Morgan fingerprint density at radius 2 is 1.72 bits per heavy atom. The molecule has 3 aliphatic heterocycles. The topological polar surface area (TPSA) is 157 Å². The first-order chi connectivity index (χ1) is 20.6. The zero-order chi connectivity index (χ0) is 30.5. The predicted molar refractivity (Wildman–Crippen MR) is 155 cm³/mol. The molecule has 232 valence electrons. The number of fused-ring (bicyclic) bond motifs is 2. The van der Waals surface area contributed by atoms with Gasteiger partial charge in [0.2, 0.25) is 0 Å². The number of ether oxygens (including phenoxy) is 2. The number of likely N-dealkylation sites (N-methyl/N-ethyl adjacent to an activating group) is 1. The SMILES string of the molecule is CN1CCC23c4c5ccc(O)c4OC2[C@H]2OC[C@@]2(CCCCCc2ccccc2)CC3C1C5.O=C(O)C(O)C(O)C(=O)O. The number of carboxylic acid groups (broad SMARTS) is 2. The summed E-state index contributed by atoms with van der Waals surface area (Å²) in [6.07, 6.45) is 5.37. The van der Waals surface area contributed by atoms with Crippen molar-refractivity contribution in [2.24, 2.45) is 11.3 Å². The number of benzene rings is 2. The highest BCUT2D eigenvalue weighted by Crippen LogP contribution is 2.69. The second-order valence-electron chi connectivity index (χ2n) is 13.0. The number of aryl methyl sites for hydroxylation is 1. The minimum atomic E-state index is -2.27. The van der Waals surface area contributed by atoms with Crippen molar-refractivity contribution >= 4 is 11.9 Å². The first-order valence-corrected chi connectivity index (χ1v) is 15.3. The van der Waals surface area contributed by atoms with E-state index >= 15 is 0 Å². The van der Waals surface area contributed by atoms with Gasteiger partial charge in [0.25, 0.3) is 0 Å². The molecule has 0 aromatic heterocycles. The van der Waals surface area contributed by atoms with Gasteiger partial charge in [-0.05, 0) is 75.2 Å². The molecule has 2 aromatic rings. The van der Waals surface area contributed by atoms with E-state index in [4.69, 9.17) is 29.9 Å². The van der Waals surface area contributed by atoms with Crippen LogP contribution < -0.4 is 4.74 Å². The normalized spacial score (nSPS) is 32.5. The predicted octanol–water partition coefficient (Wildman–Crippen LogP) is 2.74. The number of carboxylic acids is 2. The lowest BCUT2D eigenvalue weighted by Gasteiger charge is -2.66. The fourth-order valence-corrected chi connectivity index (χ4v) is 8.64. The highest BCUT2D eigenvalue weighted by molar-refractivity contribution is 5.83. The summed E-state index contributed by atoms with van der Waals surface area (Å²) in [5, 5.41) is 43.2. The molecule has 0 amide bonds. The van der Waals surface area contributed by atoms with Crippen molar-refractivity contribution in [1.82, 2.24) is 4.90 Å². The fraction of sp³-hybridized carbons (Fsp3) is 0.576. The van der Waals surface area contributed by atoms with Crippen LogP contribution in [0.3, 0.4) is 0 Å². The number of hydrogen-bond acceptors (Lipinski definition) is 8. The van der Waals surface area contributed by atoms with Crippen molar-refractivity contribution in [2.75, 3.05) is 20.2 Å². The number of nitrogens with zero attached hydrogens (tertiary/aromatic N) is 1. The third kappa shape index (κ3) is 4.88. The Bertz CT molecular complexity index is 1350. The second kappa shape index (κ2) is 11.4. The van der Waals surface area contributed by atoms with Crippen LogP contribution >= 0.6 is 0 Å². The minimum absolute atomic E-state index is 0.0285. The van der Waals surface area contributed by atoms with E-state index in [0.29, 0.717) is 17.7 Å². The molecule has 8 atom stereocenters. The molecular weight excluding hydrogens is 554 g/mol. The van der Waals surface area contributed by atoms with Gasteiger partial charge in [0.15, 0.2) is 23.7 Å². The standard InChI is InChI=1S/C29H35NO3.C4H6O6/c1-30-15-14-29-21-17-28(13-7-3-6-10-19-8-4-2-5-9-19)18-32-26(28)27(29)33-25-23(31)12-11-20(24(25)29)16-22(21)30;5-1(3(7)8)2(6)4(9)10/h2,4-5,8-9,11-12,21-22,26-27,31H,3,6-7,10,13-18H2,1H3;1-2,5-6H,(H,7,8)(H,9,10)/t21?,22?,26-,27?,28-,29?;/m1./s1. The van der Waals surface area contributed by atoms with Crippen LogP contribution in [0.1, 0.15) is 55.2 Å². The number of aliphatic hydroxyl groups is 2. The third-order valence-electron chi connectivity index (χ3n) is 10.8. The maximum absolute atomic E-state index is 10.7. The molecule has 5 N–H and O–H groups in total. The third-order valence-corrected chi connectivity index (χ3v) is 10.8. The van der Waals surface area contributed by atoms with Crippen LogP contribution in [0.2, 0.25) is 0 Å². The van der Waals surface area contributed by atoms with Crippen molar-refractivity contribution in [2.45, 2.75) is 87.2 Å². The molecule has 1 spiro atoms. The lowest BCUT2D eigenvalue weighted by molar-refractivity contribution is -0.279. The maximum Gasteiger partial charge on any atom is 0.335 e. The van der Waals surface area contributed by atoms with E-state index in [1.165, 1.54) is 55.2 Å². The summed E-state index contributed by atoms with van der Waals surface area (Å²) in [6.45, 7) is 1.99. The first kappa shape index (κ1) is 29.9. The summed E-state index contributed by atoms with van der Waals surface area (Å²) in [7, 11) is 2.31. The Hall–Kier alpha value is -3.18. The van der Waals surface area contributed by atoms with Crippen LogP contribution in [-0.4, -0.2) is 93.0 Å². The van der Waals surface area contributed by atoms with Gasteiger partial charge < -0.3 is 39.9 Å². The quantitative estimate of drug-likeness (QED) is 0.273. The van der Waals surface area contributed by atoms with Gasteiger partial charge >= 0.3 is 11.9 Å². The summed E-state index contributed by atoms with van der Waals surface area (Å²) >= 11 is 0. The Morgan fingerprint density at radius 3 is 2.37 bits per heavy atom. The minimum Gasteiger partial charge on any atom is -0.504 e. The Morgan fingerprint density at radius 1 is 1.00 bits per heavy atom. The van der Waals surface area contributed by atoms with E-state index in [1.807, 2.05) is 6.07 Å². The van der Waals surface area contributed by atoms with E-state index in [2.05, 4.69) is 48.3 Å². The van der Waals surface area contributed by atoms with Gasteiger partial charge in [-0.3, -0.25) is 0 Å². The highest BCUT2D eigenvalue weighted by atomic mass is 16.6. The molecule has 10 nitrogen and oxygen atoms in total. The molecule has 2 aliphatic carbocycles. The summed E-state index contributed by atoms with van der Waals surface area (Å²) in [4.78, 5) is 22.1. The van der Waals surface area contributed by atoms with Crippen LogP contribution in [-0.2, 0) is 32.6 Å². The lowest BCUT2D eigenvalue weighted by atomic mass is 9.45. The van der Waals surface area contributed by atoms with E-state index < -0.39 is 24.1 Å². The summed E-state index contributed by atoms with van der Waals surface area (Å²) < 4.78 is 13.0. The van der Waals surface area contributed by atoms with Crippen molar-refractivity contribution in [3.8, 4) is 11.5 Å². The van der Waals surface area contributed by atoms with Crippen LogP contribution in [0.4, 0.5) is 0 Å². The number of aliphatic carboxylic acids is 2. The smallest absolute Gasteiger partial charge is 0.335 e. The van der Waals surface area contributed by atoms with E-state index in [1.54, 1.807) is 0 Å². The van der Waals surface area contributed by atoms with Crippen molar-refractivity contribution in [3.63, 3.8) is 0 Å². The van der Waals surface area contributed by atoms with Gasteiger partial charge in [-0.25, -0.2) is 9.59 Å². The molecule has 5 aliphatic rings. The second-order valence-corrected chi connectivity index (χ2v) is 13.0. The van der Waals surface area contributed by atoms with Crippen LogP contribution in [0.15, 0.2) is 42.5 Å². The van der Waals surface area contributed by atoms with Crippen LogP contribution in [0.25, 0.3) is 0 Å². The van der Waals surface area contributed by atoms with Gasteiger partial charge in [-0.1, -0.05) is 49.2 Å². The number of phenols is 1. The van der Waals surface area contributed by atoms with Crippen molar-refractivity contribution < 1.29 is 44.6 Å². The number of hydrogen-bond donors (Lipinski definition) is 5. The van der Waals surface area contributed by atoms with E-state index in [0.717, 1.165) is 31.7 Å². The number of likely N-dealkylation sites (tertiary alicyclic amines) is 1. The van der Waals surface area contributed by atoms with Gasteiger partial charge in [0.05, 0.1) is 6.61 Å². The average molecular weight is 596 g/mol. The molecule has 2 saturated heterocycles. The molecule has 10 heteroatoms. The summed E-state index contributed by atoms with van der Waals surface area (Å²) in [5.74, 6) is -1.84. The summed E-state index contributed by atoms with van der Waals surface area (Å²) in [6, 6.07) is 15.4. The number of carbonyl (C=O) groups is 2. The number of rotatable bonds is 9. The van der Waals surface area contributed by atoms with Crippen molar-refractivity contribution in [3.05, 3.63) is 59.2 Å². The highest BCUT2D eigenvalue weighted by Gasteiger charge is 2.73. The van der Waals surface area contributed by atoms with Gasteiger partial charge in [0.1, 0.15) is 12.2 Å². The van der Waals surface area contributed by atoms with E-state index in [-0.39, 0.29) is 23.0 Å². The lowest BCUT2D eigenvalue weighted by Crippen LogP contribution is -2.74. The number of aromatic hydroxyl groups is 1. The number of unbranched alkanes of at least 4 members (excludes halogenated alkanes) is 2. The average Bonchev–Trinajstić information content (AvgIpc) is 3.32. The molecule has 6 unspecified atom stereocenters. The first-order valence-electron chi connectivity index (χ1n) is 15.3. The van der Waals surface area contributed by atoms with Gasteiger partial charge in [0, 0.05) is 22.4 Å². The Balaban J connectivity index is 0.000000286. The Kier molecular flexibility index (Phi) is 7.91. The number of piperidine rings is 1. The van der Waals surface area contributed by atoms with Gasteiger partial charge in [-0.15, -0.1) is 0 Å². The molecule has 3 fully saturated rings. The molecule has 0 radical (unpaired) electrons. The monoisotopic (exact) mass is 595 g/mol. The molecule has 1 saturated carbocycles. The maximum atomic E-state index is 10.7. The number of aliphatic hydroxyl groups excluding tert-OH is 2. The molecule has 3 heterocycles. The van der Waals surface area contributed by atoms with Gasteiger partial charge in [-0.2, -0.15) is 0 Å². The van der Waals surface area contributed by atoms with Crippen LogP contribution in [0.5, 0.6) is 11.5 Å². The van der Waals surface area contributed by atoms with E-state index in [9.17, 15) is 14.7 Å².